The summed E-state index contributed by atoms with van der Waals surface area (Å²) in [4.78, 5) is 0. The SMILES string of the molecule is COc1ccc(COc2ccccc2CO)cc1OC. The molecule has 0 atom stereocenters. The Bertz CT molecular complexity index is 566. The Balaban J connectivity index is 2.11. The summed E-state index contributed by atoms with van der Waals surface area (Å²) < 4.78 is 16.2. The lowest BCUT2D eigenvalue weighted by Gasteiger charge is -2.12. The molecule has 4 heteroatoms. The van der Waals surface area contributed by atoms with Crippen molar-refractivity contribution in [2.24, 2.45) is 0 Å². The topological polar surface area (TPSA) is 47.9 Å². The molecule has 0 aliphatic heterocycles. The molecule has 0 radical (unpaired) electrons. The van der Waals surface area contributed by atoms with Gasteiger partial charge in [0.25, 0.3) is 0 Å². The maximum Gasteiger partial charge on any atom is 0.161 e. The number of rotatable bonds is 6. The summed E-state index contributed by atoms with van der Waals surface area (Å²) >= 11 is 0. The number of benzene rings is 2. The molecule has 0 aliphatic carbocycles. The van der Waals surface area contributed by atoms with Gasteiger partial charge in [-0.05, 0) is 23.8 Å². The Morgan fingerprint density at radius 3 is 2.35 bits per heavy atom. The molecule has 1 N–H and O–H groups in total. The van der Waals surface area contributed by atoms with E-state index in [1.165, 1.54) is 0 Å². The maximum atomic E-state index is 9.25. The largest absolute Gasteiger partial charge is 0.493 e. The van der Waals surface area contributed by atoms with E-state index in [2.05, 4.69) is 0 Å². The highest BCUT2D eigenvalue weighted by atomic mass is 16.5. The Labute approximate surface area is 118 Å². The van der Waals surface area contributed by atoms with E-state index < -0.39 is 0 Å². The first-order valence-electron chi connectivity index (χ1n) is 6.31. The second kappa shape index (κ2) is 6.82. The predicted molar refractivity (Wildman–Crippen MR) is 76.2 cm³/mol. The highest BCUT2D eigenvalue weighted by Gasteiger charge is 2.06. The number of hydrogen-bond acceptors (Lipinski definition) is 4. The van der Waals surface area contributed by atoms with E-state index in [0.29, 0.717) is 23.9 Å². The first-order valence-corrected chi connectivity index (χ1v) is 6.31. The minimum Gasteiger partial charge on any atom is -0.493 e. The first-order chi connectivity index (χ1) is 9.78. The van der Waals surface area contributed by atoms with Crippen molar-refractivity contribution >= 4 is 0 Å². The molecule has 2 aromatic carbocycles. The molecule has 0 saturated carbocycles. The summed E-state index contributed by atoms with van der Waals surface area (Å²) in [5, 5.41) is 9.25. The molecule has 0 heterocycles. The van der Waals surface area contributed by atoms with Crippen LogP contribution in [-0.4, -0.2) is 19.3 Å². The smallest absolute Gasteiger partial charge is 0.161 e. The van der Waals surface area contributed by atoms with Crippen LogP contribution >= 0.6 is 0 Å². The normalized spacial score (nSPS) is 10.2. The Morgan fingerprint density at radius 1 is 0.900 bits per heavy atom. The molecule has 20 heavy (non-hydrogen) atoms. The van der Waals surface area contributed by atoms with Crippen molar-refractivity contribution in [2.75, 3.05) is 14.2 Å². The van der Waals surface area contributed by atoms with Gasteiger partial charge in [-0.25, -0.2) is 0 Å². The Morgan fingerprint density at radius 2 is 1.65 bits per heavy atom. The Hall–Kier alpha value is -2.20. The number of aliphatic hydroxyl groups is 1. The minimum absolute atomic E-state index is 0.0396. The standard InChI is InChI=1S/C16H18O4/c1-18-15-8-7-12(9-16(15)19-2)11-20-14-6-4-3-5-13(14)10-17/h3-9,17H,10-11H2,1-2H3. The molecule has 4 nitrogen and oxygen atoms in total. The van der Waals surface area contributed by atoms with Crippen LogP contribution in [0.4, 0.5) is 0 Å². The van der Waals surface area contributed by atoms with Gasteiger partial charge in [0.05, 0.1) is 20.8 Å². The monoisotopic (exact) mass is 274 g/mol. The van der Waals surface area contributed by atoms with E-state index >= 15 is 0 Å². The van der Waals surface area contributed by atoms with Gasteiger partial charge in [0.2, 0.25) is 0 Å². The van der Waals surface area contributed by atoms with Crippen LogP contribution < -0.4 is 14.2 Å². The van der Waals surface area contributed by atoms with Gasteiger partial charge in [0.1, 0.15) is 12.4 Å². The van der Waals surface area contributed by atoms with Gasteiger partial charge in [-0.1, -0.05) is 24.3 Å². The summed E-state index contributed by atoms with van der Waals surface area (Å²) in [5.74, 6) is 2.04. The van der Waals surface area contributed by atoms with Crippen LogP contribution in [0.3, 0.4) is 0 Å². The molecule has 0 bridgehead atoms. The lowest BCUT2D eigenvalue weighted by molar-refractivity contribution is 0.258. The average Bonchev–Trinajstić information content (AvgIpc) is 2.52. The van der Waals surface area contributed by atoms with E-state index in [1.807, 2.05) is 42.5 Å². The van der Waals surface area contributed by atoms with E-state index in [-0.39, 0.29) is 6.61 Å². The summed E-state index contributed by atoms with van der Waals surface area (Å²) in [6.45, 7) is 0.361. The third-order valence-electron chi connectivity index (χ3n) is 2.99. The zero-order chi connectivity index (χ0) is 14.4. The second-order valence-corrected chi connectivity index (χ2v) is 4.24. The fourth-order valence-electron chi connectivity index (χ4n) is 1.91. The number of aliphatic hydroxyl groups excluding tert-OH is 1. The minimum atomic E-state index is -0.0396. The van der Waals surface area contributed by atoms with Crippen LogP contribution in [0.15, 0.2) is 42.5 Å². The van der Waals surface area contributed by atoms with Gasteiger partial charge in [0, 0.05) is 5.56 Å². The molecule has 0 aromatic heterocycles. The molecular weight excluding hydrogens is 256 g/mol. The zero-order valence-corrected chi connectivity index (χ0v) is 11.6. The molecule has 0 spiro atoms. The maximum absolute atomic E-state index is 9.25. The fourth-order valence-corrected chi connectivity index (χ4v) is 1.91. The van der Waals surface area contributed by atoms with Crippen molar-refractivity contribution in [3.8, 4) is 17.2 Å². The number of methoxy groups -OCH3 is 2. The van der Waals surface area contributed by atoms with Crippen LogP contribution in [0.25, 0.3) is 0 Å². The number of hydrogen-bond donors (Lipinski definition) is 1. The van der Waals surface area contributed by atoms with E-state index in [1.54, 1.807) is 14.2 Å². The molecule has 2 aromatic rings. The lowest BCUT2D eigenvalue weighted by Crippen LogP contribution is -1.99. The van der Waals surface area contributed by atoms with Crippen molar-refractivity contribution < 1.29 is 19.3 Å². The van der Waals surface area contributed by atoms with E-state index in [0.717, 1.165) is 11.1 Å². The molecule has 2 rings (SSSR count). The highest BCUT2D eigenvalue weighted by molar-refractivity contribution is 5.43. The zero-order valence-electron chi connectivity index (χ0n) is 11.6. The third-order valence-corrected chi connectivity index (χ3v) is 2.99. The van der Waals surface area contributed by atoms with Crippen LogP contribution in [0, 0.1) is 0 Å². The van der Waals surface area contributed by atoms with Crippen LogP contribution in [0.1, 0.15) is 11.1 Å². The summed E-state index contributed by atoms with van der Waals surface area (Å²) in [6.07, 6.45) is 0. The lowest BCUT2D eigenvalue weighted by atomic mass is 10.2. The summed E-state index contributed by atoms with van der Waals surface area (Å²) in [5.41, 5.74) is 1.74. The fraction of sp³-hybridized carbons (Fsp3) is 0.250. The summed E-state index contributed by atoms with van der Waals surface area (Å²) in [6, 6.07) is 13.1. The quantitative estimate of drug-likeness (QED) is 0.880. The molecule has 0 amide bonds. The van der Waals surface area contributed by atoms with Crippen molar-refractivity contribution in [1.82, 2.24) is 0 Å². The van der Waals surface area contributed by atoms with E-state index in [9.17, 15) is 5.11 Å². The second-order valence-electron chi connectivity index (χ2n) is 4.24. The van der Waals surface area contributed by atoms with Crippen molar-refractivity contribution in [1.29, 1.82) is 0 Å². The molecule has 106 valence electrons. The van der Waals surface area contributed by atoms with Gasteiger partial charge in [-0.15, -0.1) is 0 Å². The highest BCUT2D eigenvalue weighted by Crippen LogP contribution is 2.28. The van der Waals surface area contributed by atoms with Crippen LogP contribution in [0.5, 0.6) is 17.2 Å². The summed E-state index contributed by atoms with van der Waals surface area (Å²) in [7, 11) is 3.20. The van der Waals surface area contributed by atoms with Crippen molar-refractivity contribution in [3.63, 3.8) is 0 Å². The Kier molecular flexibility index (Phi) is 4.85. The molecule has 0 unspecified atom stereocenters. The van der Waals surface area contributed by atoms with E-state index in [4.69, 9.17) is 14.2 Å². The number of para-hydroxylation sites is 1. The van der Waals surface area contributed by atoms with Crippen LogP contribution in [0.2, 0.25) is 0 Å². The predicted octanol–water partition coefficient (Wildman–Crippen LogP) is 2.78. The third kappa shape index (κ3) is 3.22. The van der Waals surface area contributed by atoms with Crippen molar-refractivity contribution in [2.45, 2.75) is 13.2 Å². The van der Waals surface area contributed by atoms with Crippen LogP contribution in [-0.2, 0) is 13.2 Å². The molecule has 0 fully saturated rings. The molecule has 0 aliphatic rings. The molecule has 0 saturated heterocycles. The van der Waals surface area contributed by atoms with Crippen molar-refractivity contribution in [3.05, 3.63) is 53.6 Å². The van der Waals surface area contributed by atoms with Gasteiger partial charge < -0.3 is 19.3 Å². The number of ether oxygens (including phenoxy) is 3. The first kappa shape index (κ1) is 14.2. The van der Waals surface area contributed by atoms with Gasteiger partial charge in [-0.2, -0.15) is 0 Å². The molecular formula is C16H18O4. The van der Waals surface area contributed by atoms with Gasteiger partial charge >= 0.3 is 0 Å². The van der Waals surface area contributed by atoms with Gasteiger partial charge in [0.15, 0.2) is 11.5 Å². The van der Waals surface area contributed by atoms with Gasteiger partial charge in [-0.3, -0.25) is 0 Å². The average molecular weight is 274 g/mol.